The summed E-state index contributed by atoms with van der Waals surface area (Å²) in [5.74, 6) is -0.912. The third kappa shape index (κ3) is 4.03. The monoisotopic (exact) mass is 367 g/mol. The van der Waals surface area contributed by atoms with E-state index in [2.05, 4.69) is 5.32 Å². The van der Waals surface area contributed by atoms with E-state index in [1.165, 1.54) is 7.11 Å². The van der Waals surface area contributed by atoms with Gasteiger partial charge >= 0.3 is 5.97 Å². The number of hydrogen-bond acceptors (Lipinski definition) is 3. The molecule has 1 N–H and O–H groups in total. The Morgan fingerprint density at radius 1 is 1.00 bits per heavy atom. The fourth-order valence-electron chi connectivity index (χ4n) is 2.82. The van der Waals surface area contributed by atoms with E-state index in [4.69, 9.17) is 16.3 Å². The van der Waals surface area contributed by atoms with Crippen LogP contribution in [0.3, 0.4) is 0 Å². The molecule has 0 fully saturated rings. The van der Waals surface area contributed by atoms with Crippen molar-refractivity contribution in [2.24, 2.45) is 0 Å². The summed E-state index contributed by atoms with van der Waals surface area (Å²) >= 11 is 6.06. The molecule has 0 heterocycles. The second kappa shape index (κ2) is 8.02. The lowest BCUT2D eigenvalue weighted by Gasteiger charge is -2.17. The molecule has 0 radical (unpaired) electrons. The molecule has 0 saturated carbocycles. The molecule has 3 rings (SSSR count). The molecule has 0 bridgehead atoms. The van der Waals surface area contributed by atoms with Crippen LogP contribution in [0.15, 0.2) is 66.7 Å². The Kier molecular flexibility index (Phi) is 5.54. The first-order chi connectivity index (χ1) is 12.6. The number of carbonyl (C=O) groups excluding carboxylic acids is 2. The van der Waals surface area contributed by atoms with Gasteiger partial charge in [-0.1, -0.05) is 66.2 Å². The molecule has 0 aliphatic heterocycles. The predicted octanol–water partition coefficient (Wildman–Crippen LogP) is 4.01. The summed E-state index contributed by atoms with van der Waals surface area (Å²) in [4.78, 5) is 24.7. The molecule has 1 atom stereocenters. The van der Waals surface area contributed by atoms with Gasteiger partial charge in [0.2, 0.25) is 0 Å². The Morgan fingerprint density at radius 2 is 1.69 bits per heavy atom. The molecule has 3 aromatic rings. The van der Waals surface area contributed by atoms with Crippen molar-refractivity contribution in [2.75, 3.05) is 7.11 Å². The lowest BCUT2D eigenvalue weighted by atomic mass is 10.0. The summed E-state index contributed by atoms with van der Waals surface area (Å²) in [7, 11) is 1.30. The first-order valence-corrected chi connectivity index (χ1v) is 8.57. The van der Waals surface area contributed by atoms with Crippen LogP contribution in [-0.2, 0) is 16.0 Å². The highest BCUT2D eigenvalue weighted by molar-refractivity contribution is 6.33. The third-order valence-corrected chi connectivity index (χ3v) is 4.49. The van der Waals surface area contributed by atoms with Gasteiger partial charge in [0.05, 0.1) is 17.7 Å². The number of esters is 1. The van der Waals surface area contributed by atoms with Gasteiger partial charge in [0.1, 0.15) is 6.04 Å². The largest absolute Gasteiger partial charge is 0.467 e. The van der Waals surface area contributed by atoms with E-state index in [9.17, 15) is 9.59 Å². The first-order valence-electron chi connectivity index (χ1n) is 8.19. The minimum absolute atomic E-state index is 0.321. The van der Waals surface area contributed by atoms with Crippen molar-refractivity contribution in [3.8, 4) is 0 Å². The van der Waals surface area contributed by atoms with Crippen LogP contribution in [0, 0.1) is 0 Å². The van der Waals surface area contributed by atoms with Crippen LogP contribution in [0.4, 0.5) is 0 Å². The van der Waals surface area contributed by atoms with Gasteiger partial charge in [0.25, 0.3) is 5.91 Å². The number of hydrogen-bond donors (Lipinski definition) is 1. The first kappa shape index (κ1) is 18.0. The molecule has 0 saturated heterocycles. The normalized spacial score (nSPS) is 11.8. The zero-order valence-corrected chi connectivity index (χ0v) is 15.0. The lowest BCUT2D eigenvalue weighted by Crippen LogP contribution is -2.43. The minimum atomic E-state index is -0.801. The number of rotatable bonds is 5. The van der Waals surface area contributed by atoms with Crippen LogP contribution in [0.5, 0.6) is 0 Å². The summed E-state index contributed by atoms with van der Waals surface area (Å²) in [6.07, 6.45) is 0.327. The zero-order valence-electron chi connectivity index (χ0n) is 14.2. The van der Waals surface area contributed by atoms with Crippen molar-refractivity contribution in [3.05, 3.63) is 82.9 Å². The van der Waals surface area contributed by atoms with E-state index in [0.29, 0.717) is 17.0 Å². The third-order valence-electron chi connectivity index (χ3n) is 4.16. The fourth-order valence-corrected chi connectivity index (χ4v) is 3.04. The molecule has 4 nitrogen and oxygen atoms in total. The van der Waals surface area contributed by atoms with E-state index in [1.807, 2.05) is 42.5 Å². The maximum Gasteiger partial charge on any atom is 0.328 e. The Bertz CT molecular complexity index is 955. The number of fused-ring (bicyclic) bond motifs is 1. The highest BCUT2D eigenvalue weighted by atomic mass is 35.5. The molecule has 0 aliphatic carbocycles. The molecule has 1 amide bonds. The molecule has 0 aromatic heterocycles. The van der Waals surface area contributed by atoms with Crippen LogP contribution in [-0.4, -0.2) is 25.0 Å². The van der Waals surface area contributed by atoms with Crippen LogP contribution in [0.1, 0.15) is 15.9 Å². The highest BCUT2D eigenvalue weighted by Gasteiger charge is 2.23. The molecule has 5 heteroatoms. The van der Waals surface area contributed by atoms with Gasteiger partial charge in [-0.15, -0.1) is 0 Å². The molecule has 26 heavy (non-hydrogen) atoms. The average Bonchev–Trinajstić information content (AvgIpc) is 2.67. The molecule has 0 spiro atoms. The topological polar surface area (TPSA) is 55.4 Å². The van der Waals surface area contributed by atoms with Crippen molar-refractivity contribution in [2.45, 2.75) is 12.5 Å². The van der Waals surface area contributed by atoms with E-state index in [0.717, 1.165) is 16.3 Å². The van der Waals surface area contributed by atoms with Crippen LogP contribution >= 0.6 is 11.6 Å². The van der Waals surface area contributed by atoms with E-state index < -0.39 is 17.9 Å². The quantitative estimate of drug-likeness (QED) is 0.693. The second-order valence-electron chi connectivity index (χ2n) is 5.91. The van der Waals surface area contributed by atoms with E-state index in [-0.39, 0.29) is 0 Å². The van der Waals surface area contributed by atoms with Crippen molar-refractivity contribution < 1.29 is 14.3 Å². The Balaban J connectivity index is 1.82. The SMILES string of the molecule is COC(=O)[C@H](Cc1ccc2ccccc2c1)NC(=O)c1ccccc1Cl. The van der Waals surface area contributed by atoms with Crippen LogP contribution in [0.25, 0.3) is 10.8 Å². The molecular weight excluding hydrogens is 350 g/mol. The van der Waals surface area contributed by atoms with Gasteiger partial charge in [-0.05, 0) is 28.5 Å². The molecule has 132 valence electrons. The number of amides is 1. The zero-order chi connectivity index (χ0) is 18.5. The number of methoxy groups -OCH3 is 1. The molecule has 3 aromatic carbocycles. The van der Waals surface area contributed by atoms with Gasteiger partial charge in [-0.3, -0.25) is 4.79 Å². The van der Waals surface area contributed by atoms with Gasteiger partial charge < -0.3 is 10.1 Å². The maximum absolute atomic E-state index is 12.5. The minimum Gasteiger partial charge on any atom is -0.467 e. The Labute approximate surface area is 156 Å². The molecule has 0 unspecified atom stereocenters. The lowest BCUT2D eigenvalue weighted by molar-refractivity contribution is -0.142. The summed E-state index contributed by atoms with van der Waals surface area (Å²) in [5, 5.41) is 5.25. The van der Waals surface area contributed by atoms with Crippen LogP contribution < -0.4 is 5.32 Å². The second-order valence-corrected chi connectivity index (χ2v) is 6.32. The standard InChI is InChI=1S/C21H18ClNO3/c1-26-21(25)19(23-20(24)17-8-4-5-9-18(17)22)13-14-10-11-15-6-2-3-7-16(15)12-14/h2-12,19H,13H2,1H3,(H,23,24)/t19-/m0/s1. The number of benzene rings is 3. The van der Waals surface area contributed by atoms with Crippen LogP contribution in [0.2, 0.25) is 5.02 Å². The number of carbonyl (C=O) groups is 2. The van der Waals surface area contributed by atoms with Gasteiger partial charge in [0, 0.05) is 6.42 Å². The van der Waals surface area contributed by atoms with Crippen molar-refractivity contribution in [1.82, 2.24) is 5.32 Å². The molecular formula is C21H18ClNO3. The highest BCUT2D eigenvalue weighted by Crippen LogP contribution is 2.18. The van der Waals surface area contributed by atoms with Gasteiger partial charge in [0.15, 0.2) is 0 Å². The van der Waals surface area contributed by atoms with Crippen molar-refractivity contribution >= 4 is 34.2 Å². The van der Waals surface area contributed by atoms with Gasteiger partial charge in [-0.25, -0.2) is 4.79 Å². The van der Waals surface area contributed by atoms with Crippen molar-refractivity contribution in [3.63, 3.8) is 0 Å². The molecule has 0 aliphatic rings. The van der Waals surface area contributed by atoms with Crippen molar-refractivity contribution in [1.29, 1.82) is 0 Å². The van der Waals surface area contributed by atoms with E-state index >= 15 is 0 Å². The number of nitrogens with one attached hydrogen (secondary N) is 1. The summed E-state index contributed by atoms with van der Waals surface area (Å²) < 4.78 is 4.85. The van der Waals surface area contributed by atoms with E-state index in [1.54, 1.807) is 24.3 Å². The average molecular weight is 368 g/mol. The number of ether oxygens (including phenoxy) is 1. The fraction of sp³-hybridized carbons (Fsp3) is 0.143. The Morgan fingerprint density at radius 3 is 2.42 bits per heavy atom. The maximum atomic E-state index is 12.5. The Hall–Kier alpha value is -2.85. The number of halogens is 1. The summed E-state index contributed by atoms with van der Waals surface area (Å²) in [6.45, 7) is 0. The summed E-state index contributed by atoms with van der Waals surface area (Å²) in [5.41, 5.74) is 1.25. The van der Waals surface area contributed by atoms with Gasteiger partial charge in [-0.2, -0.15) is 0 Å². The smallest absolute Gasteiger partial charge is 0.328 e. The summed E-state index contributed by atoms with van der Waals surface area (Å²) in [6, 6.07) is 19.8. The predicted molar refractivity (Wildman–Crippen MR) is 102 cm³/mol.